The number of methoxy groups -OCH3 is 4. The molecule has 1 fully saturated rings. The van der Waals surface area contributed by atoms with Gasteiger partial charge in [-0.25, -0.2) is 0 Å². The van der Waals surface area contributed by atoms with Crippen LogP contribution in [0.4, 0.5) is 0 Å². The van der Waals surface area contributed by atoms with Crippen molar-refractivity contribution in [2.45, 2.75) is 25.7 Å². The first kappa shape index (κ1) is 24.2. The van der Waals surface area contributed by atoms with E-state index in [1.807, 2.05) is 18.2 Å². The maximum absolute atomic E-state index is 13.0. The molecule has 1 unspecified atom stereocenters. The number of carbonyl (C=O) groups excluding carboxylic acids is 1. The van der Waals surface area contributed by atoms with Gasteiger partial charge in [0.25, 0.3) is 0 Å². The van der Waals surface area contributed by atoms with Crippen LogP contribution in [0.3, 0.4) is 0 Å². The SMILES string of the molecule is COc1ccc(CCN2CCC(CN3CCc4cc(OC)c(OC)cc4CC3=O)C2)cc1OC. The molecule has 0 aromatic heterocycles. The first-order valence-electron chi connectivity index (χ1n) is 12.0. The van der Waals surface area contributed by atoms with Gasteiger partial charge in [0.05, 0.1) is 34.9 Å². The zero-order chi connectivity index (χ0) is 24.1. The van der Waals surface area contributed by atoms with Crippen molar-refractivity contribution in [2.24, 2.45) is 5.92 Å². The molecule has 2 aliphatic heterocycles. The van der Waals surface area contributed by atoms with E-state index in [4.69, 9.17) is 18.9 Å². The highest BCUT2D eigenvalue weighted by Gasteiger charge is 2.28. The number of carbonyl (C=O) groups is 1. The minimum absolute atomic E-state index is 0.203. The average Bonchev–Trinajstić information content (AvgIpc) is 3.26. The minimum Gasteiger partial charge on any atom is -0.493 e. The Morgan fingerprint density at radius 3 is 2.24 bits per heavy atom. The van der Waals surface area contributed by atoms with Gasteiger partial charge in [0.2, 0.25) is 5.91 Å². The summed E-state index contributed by atoms with van der Waals surface area (Å²) in [6, 6.07) is 10.1. The van der Waals surface area contributed by atoms with Gasteiger partial charge in [0, 0.05) is 26.2 Å². The summed E-state index contributed by atoms with van der Waals surface area (Å²) in [4.78, 5) is 17.6. The van der Waals surface area contributed by atoms with Crippen LogP contribution in [0, 0.1) is 5.92 Å². The average molecular weight is 469 g/mol. The van der Waals surface area contributed by atoms with Crippen LogP contribution in [0.25, 0.3) is 0 Å². The number of benzene rings is 2. The molecule has 7 nitrogen and oxygen atoms in total. The maximum Gasteiger partial charge on any atom is 0.227 e. The molecule has 1 amide bonds. The quantitative estimate of drug-likeness (QED) is 0.563. The highest BCUT2D eigenvalue weighted by atomic mass is 16.5. The van der Waals surface area contributed by atoms with E-state index < -0.39 is 0 Å². The molecule has 0 aliphatic carbocycles. The third-order valence-corrected chi connectivity index (χ3v) is 7.06. The second kappa shape index (κ2) is 11.0. The Kier molecular flexibility index (Phi) is 7.83. The highest BCUT2D eigenvalue weighted by molar-refractivity contribution is 5.80. The number of hydrogen-bond donors (Lipinski definition) is 0. The molecule has 2 aromatic rings. The Labute approximate surface area is 202 Å². The largest absolute Gasteiger partial charge is 0.493 e. The number of rotatable bonds is 9. The summed E-state index contributed by atoms with van der Waals surface area (Å²) in [5.74, 6) is 3.66. The minimum atomic E-state index is 0.203. The number of amides is 1. The van der Waals surface area contributed by atoms with Crippen molar-refractivity contribution < 1.29 is 23.7 Å². The molecule has 4 rings (SSSR count). The van der Waals surface area contributed by atoms with E-state index >= 15 is 0 Å². The van der Waals surface area contributed by atoms with Gasteiger partial charge in [0.1, 0.15) is 0 Å². The molecule has 0 bridgehead atoms. The van der Waals surface area contributed by atoms with Crippen molar-refractivity contribution in [1.29, 1.82) is 0 Å². The van der Waals surface area contributed by atoms with Gasteiger partial charge < -0.3 is 28.7 Å². The Morgan fingerprint density at radius 1 is 0.853 bits per heavy atom. The molecule has 1 atom stereocenters. The van der Waals surface area contributed by atoms with Crippen LogP contribution in [0.1, 0.15) is 23.1 Å². The summed E-state index contributed by atoms with van der Waals surface area (Å²) in [7, 11) is 6.60. The fourth-order valence-electron chi connectivity index (χ4n) is 5.11. The van der Waals surface area contributed by atoms with E-state index in [-0.39, 0.29) is 5.91 Å². The van der Waals surface area contributed by atoms with Crippen LogP contribution in [0.5, 0.6) is 23.0 Å². The number of hydrogen-bond acceptors (Lipinski definition) is 6. The molecular weight excluding hydrogens is 432 g/mol. The second-order valence-electron chi connectivity index (χ2n) is 9.14. The van der Waals surface area contributed by atoms with E-state index in [0.717, 1.165) is 74.8 Å². The van der Waals surface area contributed by atoms with Gasteiger partial charge in [0.15, 0.2) is 23.0 Å². The lowest BCUT2D eigenvalue weighted by atomic mass is 10.0. The van der Waals surface area contributed by atoms with E-state index in [0.29, 0.717) is 18.1 Å². The van der Waals surface area contributed by atoms with Crippen molar-refractivity contribution in [3.05, 3.63) is 47.0 Å². The van der Waals surface area contributed by atoms with Gasteiger partial charge in [-0.3, -0.25) is 4.79 Å². The molecule has 0 saturated carbocycles. The predicted octanol–water partition coefficient (Wildman–Crippen LogP) is 3.21. The summed E-state index contributed by atoms with van der Waals surface area (Å²) in [5, 5.41) is 0. The third kappa shape index (κ3) is 5.41. The van der Waals surface area contributed by atoms with Crippen molar-refractivity contribution in [2.75, 3.05) is 61.2 Å². The van der Waals surface area contributed by atoms with Crippen molar-refractivity contribution in [3.63, 3.8) is 0 Å². The second-order valence-corrected chi connectivity index (χ2v) is 9.14. The van der Waals surface area contributed by atoms with Crippen molar-refractivity contribution >= 4 is 5.91 Å². The van der Waals surface area contributed by atoms with Crippen LogP contribution >= 0.6 is 0 Å². The van der Waals surface area contributed by atoms with Crippen molar-refractivity contribution in [3.8, 4) is 23.0 Å². The summed E-state index contributed by atoms with van der Waals surface area (Å²) in [6.07, 6.45) is 3.36. The summed E-state index contributed by atoms with van der Waals surface area (Å²) in [6.45, 7) is 4.70. The first-order valence-corrected chi connectivity index (χ1v) is 12.0. The lowest BCUT2D eigenvalue weighted by Gasteiger charge is -2.24. The molecule has 34 heavy (non-hydrogen) atoms. The standard InChI is InChI=1S/C27H36N2O5/c1-31-23-6-5-19(13-24(23)32-2)7-10-28-11-8-20(17-28)18-29-12-9-21-14-25(33-3)26(34-4)15-22(21)16-27(29)30/h5-6,13-15,20H,7-12,16-18H2,1-4H3. The number of ether oxygens (including phenoxy) is 4. The molecule has 2 heterocycles. The highest BCUT2D eigenvalue weighted by Crippen LogP contribution is 2.33. The van der Waals surface area contributed by atoms with E-state index in [2.05, 4.69) is 21.9 Å². The molecule has 1 saturated heterocycles. The van der Waals surface area contributed by atoms with Gasteiger partial charge in [-0.15, -0.1) is 0 Å². The topological polar surface area (TPSA) is 60.5 Å². The zero-order valence-electron chi connectivity index (χ0n) is 20.8. The summed E-state index contributed by atoms with van der Waals surface area (Å²) in [5.41, 5.74) is 3.47. The fourth-order valence-corrected chi connectivity index (χ4v) is 5.11. The molecule has 2 aromatic carbocycles. The Balaban J connectivity index is 1.31. The maximum atomic E-state index is 13.0. The van der Waals surface area contributed by atoms with Gasteiger partial charge in [-0.1, -0.05) is 6.07 Å². The fraction of sp³-hybridized carbons (Fsp3) is 0.519. The van der Waals surface area contributed by atoms with Crippen molar-refractivity contribution in [1.82, 2.24) is 9.80 Å². The first-order chi connectivity index (χ1) is 16.5. The van der Waals surface area contributed by atoms with Crippen LogP contribution in [-0.2, 0) is 24.1 Å². The lowest BCUT2D eigenvalue weighted by Crippen LogP contribution is -2.37. The Hall–Kier alpha value is -2.93. The molecule has 0 N–H and O–H groups in total. The molecule has 0 radical (unpaired) electrons. The third-order valence-electron chi connectivity index (χ3n) is 7.06. The molecule has 2 aliphatic rings. The van der Waals surface area contributed by atoms with E-state index in [1.54, 1.807) is 28.4 Å². The summed E-state index contributed by atoms with van der Waals surface area (Å²) < 4.78 is 21.7. The number of likely N-dealkylation sites (tertiary alicyclic amines) is 1. The van der Waals surface area contributed by atoms with E-state index in [1.165, 1.54) is 11.1 Å². The molecule has 0 spiro atoms. The zero-order valence-corrected chi connectivity index (χ0v) is 20.8. The number of fused-ring (bicyclic) bond motifs is 1. The Morgan fingerprint density at radius 2 is 1.53 bits per heavy atom. The van der Waals surface area contributed by atoms with Crippen LogP contribution in [0.15, 0.2) is 30.3 Å². The molecular formula is C27H36N2O5. The Bertz CT molecular complexity index is 1010. The van der Waals surface area contributed by atoms with Crippen LogP contribution in [-0.4, -0.2) is 76.9 Å². The predicted molar refractivity (Wildman–Crippen MR) is 131 cm³/mol. The monoisotopic (exact) mass is 468 g/mol. The van der Waals surface area contributed by atoms with Gasteiger partial charge >= 0.3 is 0 Å². The smallest absolute Gasteiger partial charge is 0.227 e. The van der Waals surface area contributed by atoms with E-state index in [9.17, 15) is 4.79 Å². The lowest BCUT2D eigenvalue weighted by molar-refractivity contribution is -0.130. The van der Waals surface area contributed by atoms with Crippen LogP contribution < -0.4 is 18.9 Å². The molecule has 7 heteroatoms. The normalized spacial score (nSPS) is 18.4. The van der Waals surface area contributed by atoms with Gasteiger partial charge in [-0.05, 0) is 72.7 Å². The van der Waals surface area contributed by atoms with Crippen LogP contribution in [0.2, 0.25) is 0 Å². The van der Waals surface area contributed by atoms with Gasteiger partial charge in [-0.2, -0.15) is 0 Å². The molecule has 184 valence electrons. The summed E-state index contributed by atoms with van der Waals surface area (Å²) >= 11 is 0. The number of nitrogens with zero attached hydrogens (tertiary/aromatic N) is 2.